The van der Waals surface area contributed by atoms with E-state index in [0.29, 0.717) is 54.3 Å². The number of morpholine rings is 1. The van der Waals surface area contributed by atoms with Gasteiger partial charge in [-0.15, -0.1) is 0 Å². The van der Waals surface area contributed by atoms with E-state index in [2.05, 4.69) is 24.3 Å². The minimum absolute atomic E-state index is 0.0462. The Labute approximate surface area is 255 Å². The van der Waals surface area contributed by atoms with E-state index in [0.717, 1.165) is 27.6 Å². The molecule has 0 atom stereocenters. The van der Waals surface area contributed by atoms with Crippen LogP contribution in [-0.2, 0) is 9.53 Å². The summed E-state index contributed by atoms with van der Waals surface area (Å²) in [5.74, 6) is -0.526. The molecule has 0 N–H and O–H groups in total. The Morgan fingerprint density at radius 1 is 0.773 bits per heavy atom. The van der Waals surface area contributed by atoms with Crippen molar-refractivity contribution in [2.75, 3.05) is 31.2 Å². The molecule has 0 radical (unpaired) electrons. The maximum Gasteiger partial charge on any atom is 0.254 e. The van der Waals surface area contributed by atoms with Crippen LogP contribution in [-0.4, -0.2) is 53.8 Å². The highest BCUT2D eigenvalue weighted by Crippen LogP contribution is 2.39. The van der Waals surface area contributed by atoms with Gasteiger partial charge in [0.05, 0.1) is 35.8 Å². The standard InChI is InChI=1S/C37H29N3O4/c1-24(41)40-34-14-8-7-13-30(34)36(42)35(40)23-27-22-31(29-12-6-5-11-28(29)25-9-3-2-4-10-25)32-21-26(15-16-33(32)38-27)37(43)39-17-19-44-20-18-39/h2-16,21-23H,17-20H2,1H3/b35-23-. The minimum Gasteiger partial charge on any atom is -0.378 e. The summed E-state index contributed by atoms with van der Waals surface area (Å²) in [5, 5.41) is 0.819. The number of amides is 2. The van der Waals surface area contributed by atoms with Crippen molar-refractivity contribution in [3.05, 3.63) is 126 Å². The lowest BCUT2D eigenvalue weighted by Crippen LogP contribution is -2.40. The molecule has 0 aliphatic carbocycles. The van der Waals surface area contributed by atoms with Crippen LogP contribution in [0.4, 0.5) is 5.69 Å². The van der Waals surface area contributed by atoms with Crippen LogP contribution in [0, 0.1) is 0 Å². The number of pyridine rings is 1. The summed E-state index contributed by atoms with van der Waals surface area (Å²) in [7, 11) is 0. The van der Waals surface area contributed by atoms with E-state index in [4.69, 9.17) is 9.72 Å². The average Bonchev–Trinajstić information content (AvgIpc) is 3.35. The van der Waals surface area contributed by atoms with Gasteiger partial charge in [-0.3, -0.25) is 19.3 Å². The van der Waals surface area contributed by atoms with Gasteiger partial charge in [0.1, 0.15) is 0 Å². The number of Topliss-reactive ketones (excluding diaryl/α,β-unsaturated/α-hetero) is 1. The molecule has 5 aromatic rings. The second-order valence-electron chi connectivity index (χ2n) is 10.9. The van der Waals surface area contributed by atoms with Crippen molar-refractivity contribution in [1.29, 1.82) is 0 Å². The van der Waals surface area contributed by atoms with Crippen molar-refractivity contribution >= 4 is 40.3 Å². The summed E-state index contributed by atoms with van der Waals surface area (Å²) >= 11 is 0. The second kappa shape index (κ2) is 11.4. The number of ketones is 1. The number of carbonyl (C=O) groups excluding carboxylic acids is 3. The van der Waals surface area contributed by atoms with Gasteiger partial charge in [-0.05, 0) is 64.7 Å². The highest BCUT2D eigenvalue weighted by Gasteiger charge is 2.34. The lowest BCUT2D eigenvalue weighted by Gasteiger charge is -2.27. The molecule has 216 valence electrons. The van der Waals surface area contributed by atoms with Gasteiger partial charge >= 0.3 is 0 Å². The third kappa shape index (κ3) is 4.87. The molecule has 7 rings (SSSR count). The number of fused-ring (bicyclic) bond motifs is 2. The van der Waals surface area contributed by atoms with Gasteiger partial charge in [-0.25, -0.2) is 4.98 Å². The van der Waals surface area contributed by atoms with Gasteiger partial charge in [0.15, 0.2) is 0 Å². The molecule has 4 aromatic carbocycles. The maximum atomic E-state index is 13.5. The van der Waals surface area contributed by atoms with Crippen molar-refractivity contribution in [2.24, 2.45) is 0 Å². The van der Waals surface area contributed by atoms with E-state index in [1.165, 1.54) is 11.8 Å². The van der Waals surface area contributed by atoms with Crippen LogP contribution in [0.25, 0.3) is 39.2 Å². The second-order valence-corrected chi connectivity index (χ2v) is 10.9. The summed E-state index contributed by atoms with van der Waals surface area (Å²) in [5.41, 5.74) is 7.01. The van der Waals surface area contributed by atoms with Crippen LogP contribution in [0.1, 0.15) is 33.3 Å². The zero-order chi connectivity index (χ0) is 30.2. The lowest BCUT2D eigenvalue weighted by molar-refractivity contribution is -0.116. The number of rotatable bonds is 4. The number of anilines is 1. The van der Waals surface area contributed by atoms with Crippen LogP contribution < -0.4 is 4.90 Å². The fraction of sp³-hybridized carbons (Fsp3) is 0.135. The van der Waals surface area contributed by atoms with Crippen LogP contribution in [0.3, 0.4) is 0 Å². The van der Waals surface area contributed by atoms with Crippen molar-refractivity contribution in [3.63, 3.8) is 0 Å². The first-order valence-corrected chi connectivity index (χ1v) is 14.6. The average molecular weight is 580 g/mol. The molecule has 2 aliphatic heterocycles. The van der Waals surface area contributed by atoms with Crippen LogP contribution in [0.5, 0.6) is 0 Å². The number of benzene rings is 4. The molecule has 3 heterocycles. The SMILES string of the molecule is CC(=O)N1/C(=C\c2cc(-c3ccccc3-c3ccccc3)c3cc(C(=O)N4CCOCC4)ccc3n2)C(=O)c2ccccc21. The Kier molecular flexibility index (Phi) is 7.08. The number of hydrogen-bond donors (Lipinski definition) is 0. The smallest absolute Gasteiger partial charge is 0.254 e. The Hall–Kier alpha value is -5.40. The highest BCUT2D eigenvalue weighted by atomic mass is 16.5. The third-order valence-electron chi connectivity index (χ3n) is 8.14. The molecule has 0 unspecified atom stereocenters. The minimum atomic E-state index is -0.253. The van der Waals surface area contributed by atoms with Crippen LogP contribution >= 0.6 is 0 Å². The number of nitrogens with zero attached hydrogens (tertiary/aromatic N) is 3. The lowest BCUT2D eigenvalue weighted by atomic mass is 9.91. The van der Waals surface area contributed by atoms with Gasteiger partial charge in [0.25, 0.3) is 5.91 Å². The summed E-state index contributed by atoms with van der Waals surface area (Å²) in [6.45, 7) is 3.59. The fourth-order valence-corrected chi connectivity index (χ4v) is 6.05. The van der Waals surface area contributed by atoms with Crippen LogP contribution in [0.2, 0.25) is 0 Å². The Morgan fingerprint density at radius 2 is 1.45 bits per heavy atom. The normalized spacial score (nSPS) is 15.6. The van der Waals surface area contributed by atoms with E-state index < -0.39 is 0 Å². The molecule has 0 bridgehead atoms. The zero-order valence-corrected chi connectivity index (χ0v) is 24.2. The summed E-state index contributed by atoms with van der Waals surface area (Å²) in [4.78, 5) is 47.9. The monoisotopic (exact) mass is 579 g/mol. The zero-order valence-electron chi connectivity index (χ0n) is 24.2. The molecular formula is C37H29N3O4. The number of ether oxygens (including phenoxy) is 1. The molecule has 1 aromatic heterocycles. The molecule has 1 fully saturated rings. The summed E-state index contributed by atoms with van der Waals surface area (Å²) in [6.07, 6.45) is 1.69. The van der Waals surface area contributed by atoms with Crippen molar-refractivity contribution in [1.82, 2.24) is 9.88 Å². The maximum absolute atomic E-state index is 13.5. The van der Waals surface area contributed by atoms with Gasteiger partial charge in [0.2, 0.25) is 11.7 Å². The third-order valence-corrected chi connectivity index (χ3v) is 8.14. The molecule has 1 saturated heterocycles. The first-order chi connectivity index (χ1) is 21.5. The Balaban J connectivity index is 1.43. The van der Waals surface area contributed by atoms with E-state index in [9.17, 15) is 14.4 Å². The van der Waals surface area contributed by atoms with Crippen LogP contribution in [0.15, 0.2) is 109 Å². The predicted octanol–water partition coefficient (Wildman–Crippen LogP) is 6.63. The molecule has 0 saturated carbocycles. The quantitative estimate of drug-likeness (QED) is 0.223. The molecule has 2 amide bonds. The number of hydrogen-bond acceptors (Lipinski definition) is 5. The van der Waals surface area contributed by atoms with Crippen molar-refractivity contribution in [2.45, 2.75) is 6.92 Å². The fourth-order valence-electron chi connectivity index (χ4n) is 6.05. The van der Waals surface area contributed by atoms with Gasteiger partial charge in [0, 0.05) is 36.5 Å². The van der Waals surface area contributed by atoms with E-state index in [-0.39, 0.29) is 23.3 Å². The van der Waals surface area contributed by atoms with E-state index in [1.54, 1.807) is 30.3 Å². The van der Waals surface area contributed by atoms with E-state index in [1.807, 2.05) is 59.5 Å². The first kappa shape index (κ1) is 27.4. The molecular weight excluding hydrogens is 550 g/mol. The molecule has 44 heavy (non-hydrogen) atoms. The predicted molar refractivity (Wildman–Crippen MR) is 171 cm³/mol. The van der Waals surface area contributed by atoms with Crippen molar-refractivity contribution in [3.8, 4) is 22.3 Å². The molecule has 7 nitrogen and oxygen atoms in total. The number of para-hydroxylation sites is 1. The Morgan fingerprint density at radius 3 is 2.20 bits per heavy atom. The first-order valence-electron chi connectivity index (χ1n) is 14.6. The largest absolute Gasteiger partial charge is 0.378 e. The Bertz CT molecular complexity index is 1980. The number of aromatic nitrogens is 1. The molecule has 0 spiro atoms. The highest BCUT2D eigenvalue weighted by molar-refractivity contribution is 6.26. The van der Waals surface area contributed by atoms with E-state index >= 15 is 0 Å². The topological polar surface area (TPSA) is 79.8 Å². The molecule has 2 aliphatic rings. The summed E-state index contributed by atoms with van der Waals surface area (Å²) in [6, 6.07) is 32.9. The van der Waals surface area contributed by atoms with Gasteiger partial charge in [-0.1, -0.05) is 66.7 Å². The van der Waals surface area contributed by atoms with Gasteiger partial charge in [-0.2, -0.15) is 0 Å². The molecule has 7 heteroatoms. The van der Waals surface area contributed by atoms with Gasteiger partial charge < -0.3 is 9.64 Å². The number of carbonyl (C=O) groups is 3. The summed E-state index contributed by atoms with van der Waals surface area (Å²) < 4.78 is 5.45. The number of allylic oxidation sites excluding steroid dienone is 1. The van der Waals surface area contributed by atoms with Crippen molar-refractivity contribution < 1.29 is 19.1 Å².